The number of imide groups is 1. The number of nitrogens with one attached hydrogen (secondary N) is 1. The normalized spacial score (nSPS) is 23.4. The van der Waals surface area contributed by atoms with Crippen LogP contribution >= 0.6 is 0 Å². The Hall–Kier alpha value is -3.52. The van der Waals surface area contributed by atoms with Crippen molar-refractivity contribution in [1.82, 2.24) is 20.0 Å². The van der Waals surface area contributed by atoms with Gasteiger partial charge in [-0.15, -0.1) is 0 Å². The minimum atomic E-state index is -0.669. The Morgan fingerprint density at radius 2 is 1.87 bits per heavy atom. The van der Waals surface area contributed by atoms with Crippen molar-refractivity contribution in [3.05, 3.63) is 59.4 Å². The third-order valence-corrected chi connectivity index (χ3v) is 9.49. The maximum Gasteiger partial charge on any atom is 0.259 e. The highest BCUT2D eigenvalue weighted by Gasteiger charge is 2.41. The van der Waals surface area contributed by atoms with E-state index in [2.05, 4.69) is 40.2 Å². The summed E-state index contributed by atoms with van der Waals surface area (Å²) in [5.74, 6) is -0.858. The second-order valence-electron chi connectivity index (χ2n) is 12.3. The van der Waals surface area contributed by atoms with Gasteiger partial charge in [-0.25, -0.2) is 0 Å². The fraction of sp³-hybridized carbons (Fsp3) is 0.484. The van der Waals surface area contributed by atoms with Crippen molar-refractivity contribution in [3.8, 4) is 0 Å². The fourth-order valence-electron chi connectivity index (χ4n) is 7.17. The molecule has 1 aliphatic carbocycles. The molecule has 39 heavy (non-hydrogen) atoms. The summed E-state index contributed by atoms with van der Waals surface area (Å²) < 4.78 is 2.16. The van der Waals surface area contributed by atoms with Gasteiger partial charge < -0.3 is 4.90 Å². The van der Waals surface area contributed by atoms with Gasteiger partial charge in [0.25, 0.3) is 5.91 Å². The number of amides is 3. The third-order valence-electron chi connectivity index (χ3n) is 9.49. The lowest BCUT2D eigenvalue weighted by atomic mass is 9.70. The molecular weight excluding hydrogens is 490 g/mol. The lowest BCUT2D eigenvalue weighted by Crippen LogP contribution is -2.53. The molecular formula is C31H35N5O3. The molecule has 1 saturated carbocycles. The summed E-state index contributed by atoms with van der Waals surface area (Å²) in [5.41, 5.74) is 4.20. The number of hydrogen-bond donors (Lipinski definition) is 1. The van der Waals surface area contributed by atoms with Gasteiger partial charge in [0.2, 0.25) is 11.8 Å². The maximum absolute atomic E-state index is 13.4. The lowest BCUT2D eigenvalue weighted by molar-refractivity contribution is -0.134. The Balaban J connectivity index is 1.09. The summed E-state index contributed by atoms with van der Waals surface area (Å²) in [4.78, 5) is 41.9. The van der Waals surface area contributed by atoms with Crippen LogP contribution in [0.2, 0.25) is 0 Å². The number of likely N-dealkylation sites (tertiary alicyclic amines) is 1. The van der Waals surface area contributed by atoms with Crippen molar-refractivity contribution in [1.29, 1.82) is 0 Å². The van der Waals surface area contributed by atoms with E-state index in [1.54, 1.807) is 4.90 Å². The van der Waals surface area contributed by atoms with Crippen LogP contribution in [-0.2, 0) is 16.0 Å². The molecule has 1 N–H and O–H groups in total. The Bertz CT molecular complexity index is 1480. The maximum atomic E-state index is 13.4. The van der Waals surface area contributed by atoms with Crippen LogP contribution < -0.4 is 10.2 Å². The first-order chi connectivity index (χ1) is 18.9. The van der Waals surface area contributed by atoms with Gasteiger partial charge in [0.15, 0.2) is 0 Å². The number of aromatic nitrogens is 2. The Morgan fingerprint density at radius 3 is 2.62 bits per heavy atom. The molecule has 0 spiro atoms. The van der Waals surface area contributed by atoms with E-state index in [-0.39, 0.29) is 18.2 Å². The average Bonchev–Trinajstić information content (AvgIpc) is 3.49. The standard InChI is InChI=1S/C31H35N5O3/c1-31(12-3-13-31)19-34-14-10-22(11-15-34)35-18-20(17-32-35)16-21-6-7-25-28-23(21)4-2-5-24(28)30(39)36(25)26-8-9-27(37)33-29(26)38/h2,4-7,17-18,22,26H,3,8-16,19H2,1H3,(H,33,37,38)/t26-/m0/s1. The molecule has 3 aliphatic heterocycles. The molecule has 4 heterocycles. The van der Waals surface area contributed by atoms with Crippen molar-refractivity contribution in [2.45, 2.75) is 70.4 Å². The van der Waals surface area contributed by atoms with E-state index in [0.29, 0.717) is 23.4 Å². The quantitative estimate of drug-likeness (QED) is 0.487. The van der Waals surface area contributed by atoms with Gasteiger partial charge in [-0.2, -0.15) is 5.10 Å². The lowest BCUT2D eigenvalue weighted by Gasteiger charge is -2.44. The third kappa shape index (κ3) is 4.25. The molecule has 3 aromatic rings. The molecule has 3 amide bonds. The van der Waals surface area contributed by atoms with E-state index in [9.17, 15) is 14.4 Å². The topological polar surface area (TPSA) is 87.5 Å². The van der Waals surface area contributed by atoms with Crippen LogP contribution in [0.15, 0.2) is 42.7 Å². The monoisotopic (exact) mass is 525 g/mol. The zero-order chi connectivity index (χ0) is 26.7. The molecule has 7 rings (SSSR count). The first-order valence-electron chi connectivity index (χ1n) is 14.4. The molecule has 2 aromatic carbocycles. The molecule has 3 fully saturated rings. The van der Waals surface area contributed by atoms with Crippen molar-refractivity contribution in [3.63, 3.8) is 0 Å². The smallest absolute Gasteiger partial charge is 0.259 e. The molecule has 4 aliphatic rings. The number of carbonyl (C=O) groups excluding carboxylic acids is 3. The van der Waals surface area contributed by atoms with Crippen LogP contribution in [0.4, 0.5) is 5.69 Å². The zero-order valence-electron chi connectivity index (χ0n) is 22.5. The fourth-order valence-corrected chi connectivity index (χ4v) is 7.17. The molecule has 8 heteroatoms. The summed E-state index contributed by atoms with van der Waals surface area (Å²) in [6, 6.07) is 9.60. The summed E-state index contributed by atoms with van der Waals surface area (Å²) in [5, 5.41) is 9.07. The van der Waals surface area contributed by atoms with Gasteiger partial charge in [0, 0.05) is 49.6 Å². The largest absolute Gasteiger partial charge is 0.303 e. The first-order valence-corrected chi connectivity index (χ1v) is 14.4. The Kier molecular flexibility index (Phi) is 5.84. The number of piperidine rings is 2. The number of benzene rings is 2. The molecule has 0 radical (unpaired) electrons. The van der Waals surface area contributed by atoms with E-state index >= 15 is 0 Å². The van der Waals surface area contributed by atoms with Crippen LogP contribution in [0.5, 0.6) is 0 Å². The van der Waals surface area contributed by atoms with Gasteiger partial charge in [-0.1, -0.05) is 31.5 Å². The van der Waals surface area contributed by atoms with E-state index in [1.165, 1.54) is 25.8 Å². The molecule has 2 saturated heterocycles. The van der Waals surface area contributed by atoms with Crippen LogP contribution in [-0.4, -0.2) is 58.1 Å². The van der Waals surface area contributed by atoms with Gasteiger partial charge >= 0.3 is 0 Å². The number of rotatable bonds is 6. The molecule has 0 bridgehead atoms. The SMILES string of the molecule is CC1(CN2CCC(n3cc(Cc4ccc5c6c(cccc46)C(=O)N5[C@H]4CCC(=O)NC4=O)cn3)CC2)CCC1. The van der Waals surface area contributed by atoms with E-state index in [0.717, 1.165) is 59.9 Å². The first kappa shape index (κ1) is 24.5. The van der Waals surface area contributed by atoms with E-state index < -0.39 is 11.9 Å². The summed E-state index contributed by atoms with van der Waals surface area (Å²) in [7, 11) is 0. The van der Waals surface area contributed by atoms with Crippen molar-refractivity contribution in [2.75, 3.05) is 24.5 Å². The molecule has 1 atom stereocenters. The second-order valence-corrected chi connectivity index (χ2v) is 12.3. The van der Waals surface area contributed by atoms with Gasteiger partial charge in [0.05, 0.1) is 17.9 Å². The van der Waals surface area contributed by atoms with Crippen molar-refractivity contribution >= 4 is 34.2 Å². The molecule has 8 nitrogen and oxygen atoms in total. The molecule has 1 aromatic heterocycles. The average molecular weight is 526 g/mol. The minimum Gasteiger partial charge on any atom is -0.303 e. The second kappa shape index (κ2) is 9.30. The predicted molar refractivity (Wildman–Crippen MR) is 149 cm³/mol. The summed E-state index contributed by atoms with van der Waals surface area (Å²) in [6.07, 6.45) is 11.9. The van der Waals surface area contributed by atoms with Gasteiger partial charge in [-0.3, -0.25) is 29.3 Å². The van der Waals surface area contributed by atoms with Crippen LogP contribution in [0.3, 0.4) is 0 Å². The number of nitrogens with zero attached hydrogens (tertiary/aromatic N) is 4. The van der Waals surface area contributed by atoms with Crippen LogP contribution in [0.1, 0.15) is 79.4 Å². The highest BCUT2D eigenvalue weighted by atomic mass is 16.2. The summed E-state index contributed by atoms with van der Waals surface area (Å²) in [6.45, 7) is 5.95. The van der Waals surface area contributed by atoms with E-state index in [4.69, 9.17) is 5.10 Å². The van der Waals surface area contributed by atoms with Gasteiger partial charge in [0.1, 0.15) is 6.04 Å². The van der Waals surface area contributed by atoms with Crippen molar-refractivity contribution in [2.24, 2.45) is 5.41 Å². The van der Waals surface area contributed by atoms with Gasteiger partial charge in [-0.05, 0) is 66.2 Å². The summed E-state index contributed by atoms with van der Waals surface area (Å²) >= 11 is 0. The Labute approximate surface area is 228 Å². The van der Waals surface area contributed by atoms with E-state index in [1.807, 2.05) is 24.4 Å². The number of hydrogen-bond acceptors (Lipinski definition) is 5. The highest BCUT2D eigenvalue weighted by molar-refractivity contribution is 6.27. The minimum absolute atomic E-state index is 0.173. The van der Waals surface area contributed by atoms with Crippen molar-refractivity contribution < 1.29 is 14.4 Å². The Morgan fingerprint density at radius 1 is 1.05 bits per heavy atom. The molecule has 0 unspecified atom stereocenters. The van der Waals surface area contributed by atoms with Crippen LogP contribution in [0, 0.1) is 5.41 Å². The van der Waals surface area contributed by atoms with Crippen LogP contribution in [0.25, 0.3) is 10.8 Å². The predicted octanol–water partition coefficient (Wildman–Crippen LogP) is 4.22. The number of carbonyl (C=O) groups is 3. The highest BCUT2D eigenvalue weighted by Crippen LogP contribution is 2.42. The zero-order valence-corrected chi connectivity index (χ0v) is 22.5. The molecule has 202 valence electrons. The number of anilines is 1.